The van der Waals surface area contributed by atoms with Gasteiger partial charge >= 0.3 is 0 Å². The minimum Gasteiger partial charge on any atom is -0.381 e. The predicted molar refractivity (Wildman–Crippen MR) is 77.2 cm³/mol. The highest BCUT2D eigenvalue weighted by molar-refractivity contribution is 7.99. The van der Waals surface area contributed by atoms with Crippen molar-refractivity contribution in [3.63, 3.8) is 0 Å². The summed E-state index contributed by atoms with van der Waals surface area (Å²) in [4.78, 5) is 1.44. The summed E-state index contributed by atoms with van der Waals surface area (Å²) >= 11 is 2.01. The Kier molecular flexibility index (Phi) is 4.35. The van der Waals surface area contributed by atoms with Gasteiger partial charge in [-0.1, -0.05) is 6.07 Å². The third-order valence-electron chi connectivity index (χ3n) is 3.19. The van der Waals surface area contributed by atoms with Crippen molar-refractivity contribution < 1.29 is 0 Å². The second kappa shape index (κ2) is 5.78. The van der Waals surface area contributed by atoms with Gasteiger partial charge in [0.2, 0.25) is 0 Å². The molecule has 94 valence electrons. The van der Waals surface area contributed by atoms with Crippen LogP contribution < -0.4 is 10.6 Å². The van der Waals surface area contributed by atoms with Gasteiger partial charge in [-0.05, 0) is 57.5 Å². The normalized spacial score (nSPS) is 18.6. The second-order valence-electron chi connectivity index (χ2n) is 4.86. The van der Waals surface area contributed by atoms with Gasteiger partial charge in [-0.2, -0.15) is 0 Å². The van der Waals surface area contributed by atoms with Crippen LogP contribution in [0.15, 0.2) is 17.0 Å². The Morgan fingerprint density at radius 2 is 2.24 bits per heavy atom. The molecule has 2 N–H and O–H groups in total. The molecule has 3 heteroatoms. The molecule has 0 saturated heterocycles. The highest BCUT2D eigenvalue weighted by Crippen LogP contribution is 2.37. The Morgan fingerprint density at radius 1 is 1.41 bits per heavy atom. The average molecular weight is 250 g/mol. The number of rotatable bonds is 4. The molecular formula is C14H22N2S. The molecule has 2 rings (SSSR count). The molecule has 1 aromatic carbocycles. The van der Waals surface area contributed by atoms with Crippen LogP contribution in [-0.2, 0) is 0 Å². The SMILES string of the molecule is CNCCCC1CSc2c(C)cc(C)cc2N1. The maximum Gasteiger partial charge on any atom is 0.0486 e. The van der Waals surface area contributed by atoms with Gasteiger partial charge < -0.3 is 10.6 Å². The number of hydrogen-bond donors (Lipinski definition) is 2. The van der Waals surface area contributed by atoms with Crippen LogP contribution in [0.3, 0.4) is 0 Å². The van der Waals surface area contributed by atoms with Crippen LogP contribution in [0.5, 0.6) is 0 Å². The molecule has 0 radical (unpaired) electrons. The van der Waals surface area contributed by atoms with E-state index in [4.69, 9.17) is 0 Å². The van der Waals surface area contributed by atoms with E-state index in [0.29, 0.717) is 6.04 Å². The number of thioether (sulfide) groups is 1. The second-order valence-corrected chi connectivity index (χ2v) is 5.89. The van der Waals surface area contributed by atoms with Crippen molar-refractivity contribution in [1.29, 1.82) is 0 Å². The molecule has 0 amide bonds. The summed E-state index contributed by atoms with van der Waals surface area (Å²) in [6, 6.07) is 5.18. The summed E-state index contributed by atoms with van der Waals surface area (Å²) in [6.45, 7) is 5.49. The van der Waals surface area contributed by atoms with Crippen LogP contribution in [0.2, 0.25) is 0 Å². The number of aryl methyl sites for hydroxylation is 2. The number of benzene rings is 1. The number of nitrogens with one attached hydrogen (secondary N) is 2. The summed E-state index contributed by atoms with van der Waals surface area (Å²) in [5.41, 5.74) is 4.10. The van der Waals surface area contributed by atoms with E-state index in [2.05, 4.69) is 36.6 Å². The minimum atomic E-state index is 0.627. The van der Waals surface area contributed by atoms with E-state index in [9.17, 15) is 0 Å². The van der Waals surface area contributed by atoms with Gasteiger partial charge in [0.25, 0.3) is 0 Å². The van der Waals surface area contributed by atoms with Crippen LogP contribution in [0.4, 0.5) is 5.69 Å². The van der Waals surface area contributed by atoms with Gasteiger partial charge in [0.05, 0.1) is 0 Å². The standard InChI is InChI=1S/C14H22N2S/c1-10-7-11(2)14-13(8-10)16-12(9-17-14)5-4-6-15-3/h7-8,12,15-16H,4-6,9H2,1-3H3. The molecule has 0 bridgehead atoms. The number of hydrogen-bond acceptors (Lipinski definition) is 3. The summed E-state index contributed by atoms with van der Waals surface area (Å²) in [5, 5.41) is 6.90. The van der Waals surface area contributed by atoms with Crippen LogP contribution in [0.1, 0.15) is 24.0 Å². The highest BCUT2D eigenvalue weighted by atomic mass is 32.2. The Bertz CT molecular complexity index is 390. The van der Waals surface area contributed by atoms with Crippen LogP contribution in [-0.4, -0.2) is 25.4 Å². The van der Waals surface area contributed by atoms with Crippen molar-refractivity contribution >= 4 is 17.4 Å². The van der Waals surface area contributed by atoms with E-state index in [1.165, 1.54) is 40.3 Å². The van der Waals surface area contributed by atoms with Crippen molar-refractivity contribution in [3.05, 3.63) is 23.3 Å². The fourth-order valence-corrected chi connectivity index (χ4v) is 3.56. The molecule has 1 aliphatic rings. The summed E-state index contributed by atoms with van der Waals surface area (Å²) < 4.78 is 0. The van der Waals surface area contributed by atoms with E-state index in [0.717, 1.165) is 6.54 Å². The Hall–Kier alpha value is -0.670. The lowest BCUT2D eigenvalue weighted by Crippen LogP contribution is -2.27. The summed E-state index contributed by atoms with van der Waals surface area (Å²) in [6.07, 6.45) is 2.50. The molecule has 2 nitrogen and oxygen atoms in total. The van der Waals surface area contributed by atoms with Crippen molar-refractivity contribution in [3.8, 4) is 0 Å². The highest BCUT2D eigenvalue weighted by Gasteiger charge is 2.19. The predicted octanol–water partition coefficient (Wildman–Crippen LogP) is 3.19. The molecule has 1 unspecified atom stereocenters. The third kappa shape index (κ3) is 3.17. The van der Waals surface area contributed by atoms with Gasteiger partial charge in [0, 0.05) is 22.4 Å². The smallest absolute Gasteiger partial charge is 0.0486 e. The minimum absolute atomic E-state index is 0.627. The van der Waals surface area contributed by atoms with Crippen molar-refractivity contribution in [1.82, 2.24) is 5.32 Å². The maximum atomic E-state index is 3.69. The zero-order valence-corrected chi connectivity index (χ0v) is 11.8. The molecule has 1 aliphatic heterocycles. The summed E-state index contributed by atoms with van der Waals surface area (Å²) in [7, 11) is 2.02. The monoisotopic (exact) mass is 250 g/mol. The lowest BCUT2D eigenvalue weighted by Gasteiger charge is -2.28. The maximum absolute atomic E-state index is 3.69. The first-order chi connectivity index (χ1) is 8.20. The van der Waals surface area contributed by atoms with Crippen LogP contribution >= 0.6 is 11.8 Å². The molecule has 0 fully saturated rings. The van der Waals surface area contributed by atoms with E-state index >= 15 is 0 Å². The first-order valence-electron chi connectivity index (χ1n) is 6.36. The van der Waals surface area contributed by atoms with Crippen LogP contribution in [0, 0.1) is 13.8 Å². The first kappa shape index (κ1) is 12.8. The molecule has 17 heavy (non-hydrogen) atoms. The van der Waals surface area contributed by atoms with Crippen LogP contribution in [0.25, 0.3) is 0 Å². The van der Waals surface area contributed by atoms with Gasteiger partial charge in [-0.15, -0.1) is 11.8 Å². The largest absolute Gasteiger partial charge is 0.381 e. The zero-order valence-electron chi connectivity index (χ0n) is 11.0. The molecule has 1 atom stereocenters. The van der Waals surface area contributed by atoms with Gasteiger partial charge in [-0.25, -0.2) is 0 Å². The lowest BCUT2D eigenvalue weighted by atomic mass is 10.1. The zero-order chi connectivity index (χ0) is 12.3. The van der Waals surface area contributed by atoms with Crippen molar-refractivity contribution in [2.75, 3.05) is 24.7 Å². The fraction of sp³-hybridized carbons (Fsp3) is 0.571. The Balaban J connectivity index is 2.03. The Labute approximate surface area is 109 Å². The topological polar surface area (TPSA) is 24.1 Å². The van der Waals surface area contributed by atoms with E-state index in [1.54, 1.807) is 0 Å². The van der Waals surface area contributed by atoms with Crippen molar-refractivity contribution in [2.45, 2.75) is 37.6 Å². The third-order valence-corrected chi connectivity index (χ3v) is 4.59. The van der Waals surface area contributed by atoms with Gasteiger partial charge in [0.15, 0.2) is 0 Å². The fourth-order valence-electron chi connectivity index (χ4n) is 2.38. The molecule has 0 aromatic heterocycles. The van der Waals surface area contributed by atoms with E-state index in [-0.39, 0.29) is 0 Å². The average Bonchev–Trinajstić information content (AvgIpc) is 2.28. The lowest BCUT2D eigenvalue weighted by molar-refractivity contribution is 0.626. The first-order valence-corrected chi connectivity index (χ1v) is 7.34. The van der Waals surface area contributed by atoms with Gasteiger partial charge in [0.1, 0.15) is 0 Å². The van der Waals surface area contributed by atoms with E-state index in [1.807, 2.05) is 18.8 Å². The van der Waals surface area contributed by atoms with E-state index < -0.39 is 0 Å². The Morgan fingerprint density at radius 3 is 3.00 bits per heavy atom. The number of fused-ring (bicyclic) bond motifs is 1. The van der Waals surface area contributed by atoms with Crippen molar-refractivity contribution in [2.24, 2.45) is 0 Å². The van der Waals surface area contributed by atoms with Gasteiger partial charge in [-0.3, -0.25) is 0 Å². The molecule has 0 spiro atoms. The molecule has 0 saturated carbocycles. The molecule has 0 aliphatic carbocycles. The molecule has 1 heterocycles. The molecular weight excluding hydrogens is 228 g/mol. The molecule has 1 aromatic rings. The number of anilines is 1. The quantitative estimate of drug-likeness (QED) is 0.803. The summed E-state index contributed by atoms with van der Waals surface area (Å²) in [5.74, 6) is 1.20.